The quantitative estimate of drug-likeness (QED) is 0.859. The van der Waals surface area contributed by atoms with Crippen molar-refractivity contribution in [2.75, 3.05) is 6.54 Å². The van der Waals surface area contributed by atoms with Gasteiger partial charge >= 0.3 is 0 Å². The van der Waals surface area contributed by atoms with E-state index >= 15 is 0 Å². The number of hydrogen-bond acceptors (Lipinski definition) is 4. The van der Waals surface area contributed by atoms with Gasteiger partial charge in [0, 0.05) is 24.3 Å². The number of aromatic nitrogens is 1. The molecule has 18 heavy (non-hydrogen) atoms. The second-order valence-electron chi connectivity index (χ2n) is 5.54. The second-order valence-corrected chi connectivity index (χ2v) is 5.54. The molecule has 0 saturated carbocycles. The van der Waals surface area contributed by atoms with Crippen molar-refractivity contribution in [3.8, 4) is 5.88 Å². The maximum atomic E-state index is 10.1. The third kappa shape index (κ3) is 3.21. The van der Waals surface area contributed by atoms with Crippen molar-refractivity contribution in [1.29, 1.82) is 0 Å². The highest BCUT2D eigenvalue weighted by Crippen LogP contribution is 2.28. The predicted molar refractivity (Wildman–Crippen MR) is 70.6 cm³/mol. The number of aliphatic hydroxyl groups is 1. The van der Waals surface area contributed by atoms with Crippen LogP contribution >= 0.6 is 0 Å². The lowest BCUT2D eigenvalue weighted by Gasteiger charge is -2.29. The number of rotatable bonds is 3. The molecule has 0 aromatic carbocycles. The molecule has 2 unspecified atom stereocenters. The molecule has 2 rings (SSSR count). The third-order valence-corrected chi connectivity index (χ3v) is 3.32. The Kier molecular flexibility index (Phi) is 3.88. The zero-order valence-electron chi connectivity index (χ0n) is 11.3. The number of piperidine rings is 1. The zero-order valence-corrected chi connectivity index (χ0v) is 11.3. The van der Waals surface area contributed by atoms with Crippen molar-refractivity contribution in [1.82, 2.24) is 10.3 Å². The molecule has 0 bridgehead atoms. The van der Waals surface area contributed by atoms with Gasteiger partial charge in [0.15, 0.2) is 0 Å². The summed E-state index contributed by atoms with van der Waals surface area (Å²) in [5.74, 6) is 0.548. The largest absolute Gasteiger partial charge is 0.473 e. The van der Waals surface area contributed by atoms with Crippen LogP contribution in [0.5, 0.6) is 5.88 Å². The van der Waals surface area contributed by atoms with Gasteiger partial charge in [-0.25, -0.2) is 4.98 Å². The van der Waals surface area contributed by atoms with E-state index in [4.69, 9.17) is 4.74 Å². The van der Waals surface area contributed by atoms with Gasteiger partial charge in [-0.2, -0.15) is 0 Å². The van der Waals surface area contributed by atoms with Crippen LogP contribution in [-0.2, 0) is 5.60 Å². The summed E-state index contributed by atoms with van der Waals surface area (Å²) < 4.78 is 5.93. The van der Waals surface area contributed by atoms with Crippen LogP contribution in [0.3, 0.4) is 0 Å². The van der Waals surface area contributed by atoms with E-state index < -0.39 is 5.60 Å². The number of nitrogens with one attached hydrogen (secondary N) is 1. The second kappa shape index (κ2) is 5.24. The average Bonchev–Trinajstić information content (AvgIpc) is 2.31. The Morgan fingerprint density at radius 2 is 2.22 bits per heavy atom. The normalized spacial score (nSPS) is 24.9. The Hall–Kier alpha value is -1.13. The van der Waals surface area contributed by atoms with Gasteiger partial charge in [0.2, 0.25) is 5.88 Å². The molecule has 1 saturated heterocycles. The van der Waals surface area contributed by atoms with Gasteiger partial charge in [0.05, 0.1) is 5.60 Å². The molecule has 4 nitrogen and oxygen atoms in total. The van der Waals surface area contributed by atoms with E-state index in [9.17, 15) is 5.11 Å². The summed E-state index contributed by atoms with van der Waals surface area (Å²) in [4.78, 5) is 4.25. The predicted octanol–water partition coefficient (Wildman–Crippen LogP) is 1.83. The first-order valence-electron chi connectivity index (χ1n) is 6.54. The minimum atomic E-state index is -0.932. The van der Waals surface area contributed by atoms with Crippen LogP contribution in [0, 0.1) is 0 Å². The van der Waals surface area contributed by atoms with Crippen LogP contribution in [0.25, 0.3) is 0 Å². The van der Waals surface area contributed by atoms with E-state index in [0.29, 0.717) is 11.9 Å². The third-order valence-electron chi connectivity index (χ3n) is 3.32. The smallest absolute Gasteiger partial charge is 0.219 e. The number of ether oxygens (including phenoxy) is 1. The molecule has 2 atom stereocenters. The Morgan fingerprint density at radius 1 is 1.44 bits per heavy atom. The van der Waals surface area contributed by atoms with Gasteiger partial charge in [-0.1, -0.05) is 0 Å². The highest BCUT2D eigenvalue weighted by Gasteiger charge is 2.25. The van der Waals surface area contributed by atoms with Crippen LogP contribution in [0.4, 0.5) is 0 Å². The molecule has 1 aliphatic heterocycles. The van der Waals surface area contributed by atoms with Crippen LogP contribution in [0.2, 0.25) is 0 Å². The highest BCUT2D eigenvalue weighted by atomic mass is 16.5. The zero-order chi connectivity index (χ0) is 13.2. The van der Waals surface area contributed by atoms with Gasteiger partial charge in [-0.15, -0.1) is 0 Å². The molecular weight excluding hydrogens is 228 g/mol. The summed E-state index contributed by atoms with van der Waals surface area (Å²) in [7, 11) is 0. The lowest BCUT2D eigenvalue weighted by atomic mass is 9.99. The van der Waals surface area contributed by atoms with Crippen molar-refractivity contribution in [3.05, 3.63) is 23.9 Å². The fourth-order valence-electron chi connectivity index (χ4n) is 2.18. The molecule has 100 valence electrons. The molecule has 0 amide bonds. The van der Waals surface area contributed by atoms with Gasteiger partial charge in [0.1, 0.15) is 6.10 Å². The standard InChI is InChI=1S/C14H22N2O2/c1-10-6-7-11(9-16-10)18-13-12(14(2,3)17)5-4-8-15-13/h4-5,8,10-11,16-17H,6-7,9H2,1-3H3. The van der Waals surface area contributed by atoms with E-state index in [1.807, 2.05) is 12.1 Å². The van der Waals surface area contributed by atoms with E-state index in [1.54, 1.807) is 20.0 Å². The number of hydrogen-bond donors (Lipinski definition) is 2. The molecule has 1 aromatic heterocycles. The van der Waals surface area contributed by atoms with Crippen molar-refractivity contribution in [2.45, 2.75) is 51.4 Å². The van der Waals surface area contributed by atoms with Crippen LogP contribution < -0.4 is 10.1 Å². The fourth-order valence-corrected chi connectivity index (χ4v) is 2.18. The Bertz CT molecular complexity index is 393. The van der Waals surface area contributed by atoms with Crippen LogP contribution in [0.1, 0.15) is 39.2 Å². The molecule has 0 aliphatic carbocycles. The maximum Gasteiger partial charge on any atom is 0.219 e. The Balaban J connectivity index is 2.10. The molecule has 1 aromatic rings. The van der Waals surface area contributed by atoms with Crippen molar-refractivity contribution < 1.29 is 9.84 Å². The minimum Gasteiger partial charge on any atom is -0.473 e. The molecule has 0 radical (unpaired) electrons. The average molecular weight is 250 g/mol. The molecule has 0 spiro atoms. The van der Waals surface area contributed by atoms with Crippen molar-refractivity contribution >= 4 is 0 Å². The van der Waals surface area contributed by atoms with E-state index in [1.165, 1.54) is 0 Å². The maximum absolute atomic E-state index is 10.1. The van der Waals surface area contributed by atoms with Gasteiger partial charge in [0.25, 0.3) is 0 Å². The summed E-state index contributed by atoms with van der Waals surface area (Å²) in [6.45, 7) is 6.51. The molecule has 2 N–H and O–H groups in total. The Morgan fingerprint density at radius 3 is 2.83 bits per heavy atom. The van der Waals surface area contributed by atoms with Gasteiger partial charge in [-0.05, 0) is 45.7 Å². The minimum absolute atomic E-state index is 0.136. The molecule has 1 fully saturated rings. The topological polar surface area (TPSA) is 54.4 Å². The van der Waals surface area contributed by atoms with Crippen LogP contribution in [0.15, 0.2) is 18.3 Å². The summed E-state index contributed by atoms with van der Waals surface area (Å²) in [6, 6.07) is 4.24. The fraction of sp³-hybridized carbons (Fsp3) is 0.643. The first-order valence-corrected chi connectivity index (χ1v) is 6.54. The van der Waals surface area contributed by atoms with E-state index in [0.717, 1.165) is 24.9 Å². The number of pyridine rings is 1. The Labute approximate surface area is 108 Å². The summed E-state index contributed by atoms with van der Waals surface area (Å²) >= 11 is 0. The SMILES string of the molecule is CC1CCC(Oc2ncccc2C(C)(C)O)CN1. The monoisotopic (exact) mass is 250 g/mol. The summed E-state index contributed by atoms with van der Waals surface area (Å²) in [6.07, 6.45) is 3.96. The molecule has 2 heterocycles. The van der Waals surface area contributed by atoms with Crippen molar-refractivity contribution in [3.63, 3.8) is 0 Å². The summed E-state index contributed by atoms with van der Waals surface area (Å²) in [5, 5.41) is 13.5. The molecular formula is C14H22N2O2. The molecule has 1 aliphatic rings. The van der Waals surface area contributed by atoms with Crippen molar-refractivity contribution in [2.24, 2.45) is 0 Å². The van der Waals surface area contributed by atoms with Crippen LogP contribution in [-0.4, -0.2) is 28.8 Å². The highest BCUT2D eigenvalue weighted by molar-refractivity contribution is 5.30. The van der Waals surface area contributed by atoms with E-state index in [-0.39, 0.29) is 6.10 Å². The first kappa shape index (κ1) is 13.3. The van der Waals surface area contributed by atoms with Gasteiger partial charge in [-0.3, -0.25) is 0 Å². The lowest BCUT2D eigenvalue weighted by molar-refractivity contribution is 0.0682. The van der Waals surface area contributed by atoms with Gasteiger partial charge < -0.3 is 15.2 Å². The summed E-state index contributed by atoms with van der Waals surface area (Å²) in [5.41, 5.74) is -0.192. The first-order chi connectivity index (χ1) is 8.47. The number of nitrogens with zero attached hydrogens (tertiary/aromatic N) is 1. The van der Waals surface area contributed by atoms with E-state index in [2.05, 4.69) is 17.2 Å². The lowest BCUT2D eigenvalue weighted by Crippen LogP contribution is -2.42. The molecule has 4 heteroatoms.